The lowest BCUT2D eigenvalue weighted by molar-refractivity contribution is -0.0690. The van der Waals surface area contributed by atoms with Gasteiger partial charge in [0.05, 0.1) is 12.4 Å². The number of ether oxygens (including phenoxy) is 1. The van der Waals surface area contributed by atoms with Crippen molar-refractivity contribution in [3.63, 3.8) is 0 Å². The van der Waals surface area contributed by atoms with Gasteiger partial charge in [0.15, 0.2) is 0 Å². The number of rotatable bonds is 19. The molecule has 1 rings (SSSR count). The lowest BCUT2D eigenvalue weighted by Crippen LogP contribution is -2.50. The van der Waals surface area contributed by atoms with Crippen LogP contribution in [0.15, 0.2) is 79.1 Å². The molecule has 2 unspecified atom stereocenters. The molecule has 0 aliphatic rings. The van der Waals surface area contributed by atoms with Crippen molar-refractivity contribution in [2.24, 2.45) is 33.0 Å². The highest BCUT2D eigenvalue weighted by molar-refractivity contribution is 5.17. The third-order valence-electron chi connectivity index (χ3n) is 10.1. The summed E-state index contributed by atoms with van der Waals surface area (Å²) in [6.45, 7) is 46.8. The maximum Gasteiger partial charge on any atom is 0.0957 e. The smallest absolute Gasteiger partial charge is 0.0957 e. The molecule has 0 amide bonds. The SMILES string of the molecule is C=C(C)CC(=C)CCCOC(=C)C(C)(C(C)(C)C)C(C)(C)CC(C)(C)C(CC(C)(C)C)C(=C)CCCCc1ccccc1. The Morgan fingerprint density at radius 2 is 1.35 bits per heavy atom. The molecule has 0 saturated heterocycles. The Labute approximate surface area is 269 Å². The van der Waals surface area contributed by atoms with E-state index in [9.17, 15) is 0 Å². The second-order valence-corrected chi connectivity index (χ2v) is 17.4. The van der Waals surface area contributed by atoms with Gasteiger partial charge < -0.3 is 4.74 Å². The minimum Gasteiger partial charge on any atom is -0.498 e. The summed E-state index contributed by atoms with van der Waals surface area (Å²) < 4.78 is 6.50. The Kier molecular flexibility index (Phi) is 14.3. The maximum atomic E-state index is 6.50. The Morgan fingerprint density at radius 3 is 1.86 bits per heavy atom. The monoisotopic (exact) mass is 591 g/mol. The fourth-order valence-corrected chi connectivity index (χ4v) is 7.51. The molecule has 1 heteroatoms. The average molecular weight is 591 g/mol. The van der Waals surface area contributed by atoms with Crippen molar-refractivity contribution in [2.75, 3.05) is 6.61 Å². The summed E-state index contributed by atoms with van der Waals surface area (Å²) in [6.07, 6.45) is 9.66. The zero-order valence-electron chi connectivity index (χ0n) is 30.8. The maximum absolute atomic E-state index is 6.50. The van der Waals surface area contributed by atoms with Gasteiger partial charge in [-0.3, -0.25) is 0 Å². The standard InChI is InChI=1S/C42H70O/c1-32(2)29-33(3)23-22-28-43-35(5)42(16,39(9,10)11)41(14,15)31-40(12,13)37(30-38(6,7)8)34(4)24-20-21-27-36-25-18-17-19-26-36/h17-19,25-26,37H,1,3-5,20-24,27-31H2,2,6-16H3. The van der Waals surface area contributed by atoms with Gasteiger partial charge >= 0.3 is 0 Å². The fourth-order valence-electron chi connectivity index (χ4n) is 7.51. The molecule has 0 spiro atoms. The summed E-state index contributed by atoms with van der Waals surface area (Å²) in [5, 5.41) is 0. The molecule has 43 heavy (non-hydrogen) atoms. The third kappa shape index (κ3) is 12.1. The first kappa shape index (κ1) is 39.0. The molecule has 0 heterocycles. The highest BCUT2D eigenvalue weighted by Crippen LogP contribution is 2.61. The molecular weight excluding hydrogens is 520 g/mol. The summed E-state index contributed by atoms with van der Waals surface area (Å²) in [4.78, 5) is 0. The van der Waals surface area contributed by atoms with Crippen LogP contribution in [0.5, 0.6) is 0 Å². The zero-order valence-corrected chi connectivity index (χ0v) is 30.8. The van der Waals surface area contributed by atoms with E-state index < -0.39 is 0 Å². The molecule has 0 N–H and O–H groups in total. The van der Waals surface area contributed by atoms with E-state index in [1.165, 1.54) is 35.1 Å². The molecule has 2 atom stereocenters. The Morgan fingerprint density at radius 1 is 0.767 bits per heavy atom. The van der Waals surface area contributed by atoms with Gasteiger partial charge in [0.25, 0.3) is 0 Å². The Bertz CT molecular complexity index is 1050. The topological polar surface area (TPSA) is 9.23 Å². The number of aryl methyl sites for hydroxylation is 1. The highest BCUT2D eigenvalue weighted by Gasteiger charge is 2.54. The molecule has 0 bridgehead atoms. The molecule has 1 aromatic rings. The summed E-state index contributed by atoms with van der Waals surface area (Å²) in [7, 11) is 0. The number of hydrogen-bond acceptors (Lipinski definition) is 1. The van der Waals surface area contributed by atoms with E-state index in [0.717, 1.165) is 50.7 Å². The molecule has 244 valence electrons. The van der Waals surface area contributed by atoms with E-state index in [2.05, 4.69) is 133 Å². The van der Waals surface area contributed by atoms with Gasteiger partial charge in [-0.25, -0.2) is 0 Å². The van der Waals surface area contributed by atoms with Crippen LogP contribution in [0.25, 0.3) is 0 Å². The average Bonchev–Trinajstić information content (AvgIpc) is 2.85. The lowest BCUT2D eigenvalue weighted by Gasteiger charge is -2.56. The van der Waals surface area contributed by atoms with Gasteiger partial charge in [-0.1, -0.05) is 150 Å². The van der Waals surface area contributed by atoms with E-state index in [1.807, 2.05) is 0 Å². The van der Waals surface area contributed by atoms with Crippen molar-refractivity contribution >= 4 is 0 Å². The van der Waals surface area contributed by atoms with Crippen molar-refractivity contribution in [2.45, 2.75) is 141 Å². The van der Waals surface area contributed by atoms with Crippen molar-refractivity contribution < 1.29 is 4.74 Å². The normalized spacial score (nSPS) is 15.0. The molecule has 0 aliphatic heterocycles. The second kappa shape index (κ2) is 15.8. The van der Waals surface area contributed by atoms with E-state index in [-0.39, 0.29) is 27.1 Å². The molecule has 1 nitrogen and oxygen atoms in total. The van der Waals surface area contributed by atoms with Crippen molar-refractivity contribution in [3.05, 3.63) is 84.7 Å². The zero-order chi connectivity index (χ0) is 33.3. The van der Waals surface area contributed by atoms with Crippen molar-refractivity contribution in [1.82, 2.24) is 0 Å². The summed E-state index contributed by atoms with van der Waals surface area (Å²) >= 11 is 0. The molecule has 1 aromatic carbocycles. The van der Waals surface area contributed by atoms with Crippen LogP contribution < -0.4 is 0 Å². The largest absolute Gasteiger partial charge is 0.498 e. The quantitative estimate of drug-likeness (QED) is 0.0884. The molecule has 0 radical (unpaired) electrons. The lowest BCUT2D eigenvalue weighted by atomic mass is 9.49. The van der Waals surface area contributed by atoms with Crippen LogP contribution in [-0.4, -0.2) is 6.61 Å². The molecule has 0 aliphatic carbocycles. The first-order valence-corrected chi connectivity index (χ1v) is 16.9. The fraction of sp³-hybridized carbons (Fsp3) is 0.667. The van der Waals surface area contributed by atoms with Crippen LogP contribution >= 0.6 is 0 Å². The predicted molar refractivity (Wildman–Crippen MR) is 193 cm³/mol. The summed E-state index contributed by atoms with van der Waals surface area (Å²) in [6, 6.07) is 10.9. The number of hydrogen-bond donors (Lipinski definition) is 0. The van der Waals surface area contributed by atoms with Crippen molar-refractivity contribution in [3.8, 4) is 0 Å². The Balaban J connectivity index is 3.11. The van der Waals surface area contributed by atoms with E-state index in [0.29, 0.717) is 12.5 Å². The number of benzene rings is 1. The van der Waals surface area contributed by atoms with E-state index >= 15 is 0 Å². The predicted octanol–water partition coefficient (Wildman–Crippen LogP) is 13.3. The van der Waals surface area contributed by atoms with Crippen LogP contribution in [0, 0.1) is 33.0 Å². The van der Waals surface area contributed by atoms with Crippen LogP contribution in [0.3, 0.4) is 0 Å². The Hall–Kier alpha value is -2.02. The molecule has 0 fully saturated rings. The summed E-state index contributed by atoms with van der Waals surface area (Å²) in [5.74, 6) is 1.36. The van der Waals surface area contributed by atoms with Gasteiger partial charge in [-0.05, 0) is 97.9 Å². The minimum atomic E-state index is -0.227. The van der Waals surface area contributed by atoms with Crippen molar-refractivity contribution in [1.29, 1.82) is 0 Å². The van der Waals surface area contributed by atoms with E-state index in [1.54, 1.807) is 0 Å². The number of unbranched alkanes of at least 4 members (excludes halogenated alkanes) is 1. The molecule has 0 aromatic heterocycles. The molecular formula is C42H70O. The van der Waals surface area contributed by atoms with Crippen LogP contribution in [0.1, 0.15) is 140 Å². The van der Waals surface area contributed by atoms with Gasteiger partial charge in [-0.15, -0.1) is 0 Å². The van der Waals surface area contributed by atoms with Gasteiger partial charge in [-0.2, -0.15) is 0 Å². The van der Waals surface area contributed by atoms with Crippen LogP contribution in [0.4, 0.5) is 0 Å². The van der Waals surface area contributed by atoms with Gasteiger partial charge in [0.1, 0.15) is 0 Å². The highest BCUT2D eigenvalue weighted by atomic mass is 16.5. The first-order chi connectivity index (χ1) is 19.5. The minimum absolute atomic E-state index is 0.0266. The summed E-state index contributed by atoms with van der Waals surface area (Å²) in [5.41, 5.74) is 5.24. The number of allylic oxidation sites excluding steroid dienone is 4. The first-order valence-electron chi connectivity index (χ1n) is 16.9. The van der Waals surface area contributed by atoms with Crippen LogP contribution in [-0.2, 0) is 11.2 Å². The second-order valence-electron chi connectivity index (χ2n) is 17.4. The van der Waals surface area contributed by atoms with Gasteiger partial charge in [0.2, 0.25) is 0 Å². The van der Waals surface area contributed by atoms with Gasteiger partial charge in [0, 0.05) is 5.41 Å². The van der Waals surface area contributed by atoms with E-state index in [4.69, 9.17) is 11.3 Å². The van der Waals surface area contributed by atoms with Crippen LogP contribution in [0.2, 0.25) is 0 Å². The molecule has 0 saturated carbocycles. The third-order valence-corrected chi connectivity index (χ3v) is 10.1.